The molecule has 0 bridgehead atoms. The Bertz CT molecular complexity index is 1070. The fourth-order valence-corrected chi connectivity index (χ4v) is 3.56. The van der Waals surface area contributed by atoms with Gasteiger partial charge in [0.05, 0.1) is 11.8 Å². The first-order chi connectivity index (χ1) is 14.7. The van der Waals surface area contributed by atoms with Crippen LogP contribution in [0.5, 0.6) is 0 Å². The van der Waals surface area contributed by atoms with Gasteiger partial charge in [0.2, 0.25) is 0 Å². The third-order valence-electron chi connectivity index (χ3n) is 5.15. The number of aliphatic hydroxyl groups excluding tert-OH is 2. The van der Waals surface area contributed by atoms with Crippen LogP contribution in [0, 0.1) is 0 Å². The van der Waals surface area contributed by atoms with Gasteiger partial charge in [-0.1, -0.05) is 0 Å². The molecule has 0 radical (unpaired) electrons. The summed E-state index contributed by atoms with van der Waals surface area (Å²) in [6.07, 6.45) is -2.50. The zero-order valence-electron chi connectivity index (χ0n) is 16.3. The van der Waals surface area contributed by atoms with Crippen molar-refractivity contribution in [2.75, 3.05) is 18.7 Å². The zero-order chi connectivity index (χ0) is 22.4. The van der Waals surface area contributed by atoms with E-state index in [2.05, 4.69) is 15.1 Å². The Morgan fingerprint density at radius 2 is 2.06 bits per heavy atom. The predicted octanol–water partition coefficient (Wildman–Crippen LogP) is -2.53. The van der Waals surface area contributed by atoms with Crippen LogP contribution in [-0.2, 0) is 19.1 Å². The number of aliphatic carboxylic acids is 1. The molecule has 4 heterocycles. The van der Waals surface area contributed by atoms with Gasteiger partial charge in [0.25, 0.3) is 0 Å². The molecule has 166 valence electrons. The van der Waals surface area contributed by atoms with E-state index in [-0.39, 0.29) is 5.84 Å². The summed E-state index contributed by atoms with van der Waals surface area (Å²) in [5.41, 5.74) is 12.3. The molecule has 2 aliphatic rings. The Kier molecular flexibility index (Phi) is 5.22. The lowest BCUT2D eigenvalue weighted by atomic mass is 10.1. The predicted molar refractivity (Wildman–Crippen MR) is 104 cm³/mol. The fraction of sp³-hybridized carbons (Fsp3) is 0.471. The molecule has 0 aromatic carbocycles. The Hall–Kier alpha value is -3.33. The number of nitrogens with zero attached hydrogens (tertiary/aromatic N) is 5. The number of aliphatic hydroxyl groups is 2. The number of hydrogen-bond acceptors (Lipinski definition) is 12. The first-order valence-corrected chi connectivity index (χ1v) is 9.28. The van der Waals surface area contributed by atoms with Crippen LogP contribution in [0.1, 0.15) is 18.2 Å². The van der Waals surface area contributed by atoms with E-state index in [0.717, 1.165) is 0 Å². The van der Waals surface area contributed by atoms with Gasteiger partial charge in [-0.25, -0.2) is 15.0 Å². The van der Waals surface area contributed by atoms with Gasteiger partial charge >= 0.3 is 11.9 Å². The number of hydrogen-bond donors (Lipinski definition) is 5. The smallest absolute Gasteiger partial charge is 0.321 e. The second kappa shape index (κ2) is 7.73. The zero-order valence-corrected chi connectivity index (χ0v) is 16.3. The lowest BCUT2D eigenvalue weighted by Gasteiger charge is -2.19. The van der Waals surface area contributed by atoms with E-state index >= 15 is 0 Å². The van der Waals surface area contributed by atoms with E-state index in [9.17, 15) is 19.8 Å². The monoisotopic (exact) mass is 435 g/mol. The highest BCUT2D eigenvalue weighted by molar-refractivity contribution is 6.13. The lowest BCUT2D eigenvalue weighted by Crippen LogP contribution is -2.36. The van der Waals surface area contributed by atoms with Crippen molar-refractivity contribution >= 4 is 34.6 Å². The Morgan fingerprint density at radius 3 is 2.77 bits per heavy atom. The van der Waals surface area contributed by atoms with Crippen LogP contribution in [-0.4, -0.2) is 85.6 Å². The van der Waals surface area contributed by atoms with E-state index < -0.39 is 55.5 Å². The molecule has 3 unspecified atom stereocenters. The summed E-state index contributed by atoms with van der Waals surface area (Å²) in [4.78, 5) is 31.0. The van der Waals surface area contributed by atoms with Crippen molar-refractivity contribution in [3.63, 3.8) is 0 Å². The lowest BCUT2D eigenvalue weighted by molar-refractivity contribution is -0.153. The third-order valence-corrected chi connectivity index (χ3v) is 5.15. The third kappa shape index (κ3) is 3.54. The van der Waals surface area contributed by atoms with E-state index in [1.807, 2.05) is 0 Å². The van der Waals surface area contributed by atoms with Gasteiger partial charge in [0.1, 0.15) is 42.9 Å². The normalized spacial score (nSPS) is 26.1. The van der Waals surface area contributed by atoms with Crippen molar-refractivity contribution in [2.24, 2.45) is 16.6 Å². The van der Waals surface area contributed by atoms with Crippen molar-refractivity contribution in [1.29, 1.82) is 0 Å². The van der Waals surface area contributed by atoms with E-state index in [1.165, 1.54) is 15.9 Å². The topological polar surface area (TPSA) is 212 Å². The largest absolute Gasteiger partial charge is 0.480 e. The van der Waals surface area contributed by atoms with Crippen LogP contribution < -0.4 is 16.5 Å². The molecule has 0 aliphatic carbocycles. The molecular weight excluding hydrogens is 414 g/mol. The average Bonchev–Trinajstić information content (AvgIpc) is 3.24. The van der Waals surface area contributed by atoms with Gasteiger partial charge in [-0.15, -0.1) is 0 Å². The molecule has 2 aromatic rings. The number of carbonyl (C=O) groups is 2. The highest BCUT2D eigenvalue weighted by Gasteiger charge is 2.45. The number of aromatic nitrogens is 3. The molecule has 4 rings (SSSR count). The molecule has 1 fully saturated rings. The Labute approximate surface area is 174 Å². The molecule has 5 atom stereocenters. The van der Waals surface area contributed by atoms with Crippen LogP contribution in [0.2, 0.25) is 0 Å². The summed E-state index contributed by atoms with van der Waals surface area (Å²) in [7, 11) is 1.68. The summed E-state index contributed by atoms with van der Waals surface area (Å²) in [5.74, 6) is -1.47. The minimum atomic E-state index is -1.40. The molecule has 0 saturated carbocycles. The molecule has 31 heavy (non-hydrogen) atoms. The van der Waals surface area contributed by atoms with Crippen molar-refractivity contribution in [3.8, 4) is 0 Å². The van der Waals surface area contributed by atoms with Crippen molar-refractivity contribution in [2.45, 2.75) is 37.0 Å². The van der Waals surface area contributed by atoms with Crippen LogP contribution in [0.25, 0.3) is 11.0 Å². The number of anilines is 1. The molecule has 0 spiro atoms. The van der Waals surface area contributed by atoms with E-state index in [4.69, 9.17) is 26.0 Å². The van der Waals surface area contributed by atoms with E-state index in [1.54, 1.807) is 13.2 Å². The maximum atomic E-state index is 11.8. The number of nitrogens with two attached hydrogens (primary N) is 2. The Morgan fingerprint density at radius 1 is 1.32 bits per heavy atom. The van der Waals surface area contributed by atoms with Gasteiger partial charge in [-0.2, -0.15) is 5.10 Å². The SMILES string of the molecule is CN1N=C(N)c2cn([C@@H]3O[C@H](COC(=O)CC(N)C(=O)O)C(O)C3O)c3ncnc1c23. The average molecular weight is 435 g/mol. The molecule has 0 amide bonds. The first-order valence-electron chi connectivity index (χ1n) is 9.28. The van der Waals surface area contributed by atoms with Gasteiger partial charge in [0, 0.05) is 18.8 Å². The highest BCUT2D eigenvalue weighted by atomic mass is 16.6. The molecule has 14 nitrogen and oxygen atoms in total. The maximum absolute atomic E-state index is 11.8. The number of carbonyl (C=O) groups excluding carboxylic acids is 1. The maximum Gasteiger partial charge on any atom is 0.321 e. The molecule has 2 aromatic heterocycles. The van der Waals surface area contributed by atoms with Gasteiger partial charge in [-0.3, -0.25) is 9.59 Å². The summed E-state index contributed by atoms with van der Waals surface area (Å²) >= 11 is 0. The van der Waals surface area contributed by atoms with Crippen LogP contribution >= 0.6 is 0 Å². The van der Waals surface area contributed by atoms with E-state index in [0.29, 0.717) is 22.4 Å². The van der Waals surface area contributed by atoms with Crippen molar-refractivity contribution in [3.05, 3.63) is 18.1 Å². The van der Waals surface area contributed by atoms with Crippen LogP contribution in [0.15, 0.2) is 17.6 Å². The standard InChI is InChI=1S/C17H21N7O7/c1-23-14-10-6(13(19)22-23)3-24(15(10)21-5-20-14)16-12(27)11(26)8(31-16)4-30-9(25)2-7(18)17(28)29/h3,5,7-8,11-12,16,26-27H,2,4,18H2,1H3,(H2,19,22)(H,28,29)/t7?,8-,11?,12?,16-/m1/s1. The first kappa shape index (κ1) is 20.9. The number of ether oxygens (including phenoxy) is 2. The number of hydrazone groups is 1. The summed E-state index contributed by atoms with van der Waals surface area (Å²) in [5, 5.41) is 36.0. The summed E-state index contributed by atoms with van der Waals surface area (Å²) in [6.45, 7) is -0.404. The van der Waals surface area contributed by atoms with Crippen molar-refractivity contribution < 1.29 is 34.4 Å². The second-order valence-corrected chi connectivity index (χ2v) is 7.23. The quantitative estimate of drug-likeness (QED) is 0.297. The van der Waals surface area contributed by atoms with Gasteiger partial charge < -0.3 is 40.8 Å². The summed E-state index contributed by atoms with van der Waals surface area (Å²) < 4.78 is 12.2. The van der Waals surface area contributed by atoms with Crippen molar-refractivity contribution in [1.82, 2.24) is 14.5 Å². The number of rotatable bonds is 6. The van der Waals surface area contributed by atoms with Gasteiger partial charge in [-0.05, 0) is 0 Å². The number of esters is 1. The van der Waals surface area contributed by atoms with Gasteiger partial charge in [0.15, 0.2) is 17.9 Å². The molecule has 1 saturated heterocycles. The second-order valence-electron chi connectivity index (χ2n) is 7.23. The van der Waals surface area contributed by atoms with Crippen LogP contribution in [0.4, 0.5) is 5.82 Å². The molecule has 14 heteroatoms. The number of carboxylic acids is 1. The molecular formula is C17H21N7O7. The fourth-order valence-electron chi connectivity index (χ4n) is 3.56. The minimum absolute atomic E-state index is 0.224. The highest BCUT2D eigenvalue weighted by Crippen LogP contribution is 2.37. The number of amidine groups is 1. The molecule has 7 N–H and O–H groups in total. The Balaban J connectivity index is 1.54. The number of carboxylic acid groups (broad SMARTS) is 1. The summed E-state index contributed by atoms with van der Waals surface area (Å²) in [6, 6.07) is -1.40. The van der Waals surface area contributed by atoms with Crippen LogP contribution in [0.3, 0.4) is 0 Å². The molecule has 2 aliphatic heterocycles. The minimum Gasteiger partial charge on any atom is -0.480 e.